The molecule has 0 heterocycles. The minimum Gasteiger partial charge on any atom is -0.386 e. The molecule has 0 spiro atoms. The lowest BCUT2D eigenvalue weighted by Crippen LogP contribution is -2.49. The molecule has 0 amide bonds. The SMILES string of the molecule is CCCCCC[C@@H](NS(=O)(=O)c1ccccc1[N+](=O)[O-])[C@H](O)C(OC)OC. The second-order valence-corrected chi connectivity index (χ2v) is 7.81. The lowest BCUT2D eigenvalue weighted by Gasteiger charge is -2.28. The summed E-state index contributed by atoms with van der Waals surface area (Å²) >= 11 is 0. The van der Waals surface area contributed by atoms with E-state index in [0.29, 0.717) is 12.8 Å². The molecule has 0 radical (unpaired) electrons. The summed E-state index contributed by atoms with van der Waals surface area (Å²) in [5.41, 5.74) is -0.528. The Hall–Kier alpha value is -1.59. The molecule has 154 valence electrons. The Bertz CT molecular complexity index is 692. The van der Waals surface area contributed by atoms with Crippen LogP contribution in [-0.2, 0) is 19.5 Å². The van der Waals surface area contributed by atoms with Crippen molar-refractivity contribution in [1.82, 2.24) is 4.72 Å². The summed E-state index contributed by atoms with van der Waals surface area (Å²) in [6, 6.07) is 4.15. The highest BCUT2D eigenvalue weighted by Crippen LogP contribution is 2.24. The molecule has 0 aromatic heterocycles. The van der Waals surface area contributed by atoms with Gasteiger partial charge in [0.1, 0.15) is 6.10 Å². The topological polar surface area (TPSA) is 128 Å². The first-order valence-electron chi connectivity index (χ1n) is 8.77. The average molecular weight is 404 g/mol. The molecule has 2 atom stereocenters. The van der Waals surface area contributed by atoms with Gasteiger partial charge in [-0.05, 0) is 12.5 Å². The van der Waals surface area contributed by atoms with Crippen molar-refractivity contribution in [3.05, 3.63) is 34.4 Å². The Morgan fingerprint density at radius 2 is 1.81 bits per heavy atom. The van der Waals surface area contributed by atoms with Crippen LogP contribution in [0.3, 0.4) is 0 Å². The monoisotopic (exact) mass is 404 g/mol. The number of nitro benzene ring substituents is 1. The minimum absolute atomic E-state index is 0.338. The van der Waals surface area contributed by atoms with Gasteiger partial charge in [-0.25, -0.2) is 13.1 Å². The van der Waals surface area contributed by atoms with E-state index in [0.717, 1.165) is 31.4 Å². The fraction of sp³-hybridized carbons (Fsp3) is 0.647. The van der Waals surface area contributed by atoms with E-state index in [2.05, 4.69) is 11.6 Å². The van der Waals surface area contributed by atoms with Crippen molar-refractivity contribution in [2.24, 2.45) is 0 Å². The molecule has 2 N–H and O–H groups in total. The molecule has 0 aliphatic heterocycles. The number of benzene rings is 1. The number of methoxy groups -OCH3 is 2. The van der Waals surface area contributed by atoms with Gasteiger partial charge in [0.05, 0.1) is 11.0 Å². The molecule has 27 heavy (non-hydrogen) atoms. The van der Waals surface area contributed by atoms with E-state index in [1.165, 1.54) is 26.4 Å². The maximum Gasteiger partial charge on any atom is 0.289 e. The van der Waals surface area contributed by atoms with Crippen molar-refractivity contribution in [3.63, 3.8) is 0 Å². The molecule has 0 saturated heterocycles. The number of rotatable bonds is 13. The molecule has 9 nitrogen and oxygen atoms in total. The lowest BCUT2D eigenvalue weighted by molar-refractivity contribution is -0.387. The second-order valence-electron chi connectivity index (χ2n) is 6.13. The first-order valence-corrected chi connectivity index (χ1v) is 10.3. The molecule has 1 aromatic rings. The predicted molar refractivity (Wildman–Crippen MR) is 99.8 cm³/mol. The van der Waals surface area contributed by atoms with Crippen LogP contribution in [-0.4, -0.2) is 51.1 Å². The van der Waals surface area contributed by atoms with Crippen LogP contribution < -0.4 is 4.72 Å². The molecule has 0 bridgehead atoms. The molecular weight excluding hydrogens is 376 g/mol. The number of aliphatic hydroxyl groups excluding tert-OH is 1. The van der Waals surface area contributed by atoms with Crippen molar-refractivity contribution in [2.75, 3.05) is 14.2 Å². The zero-order valence-electron chi connectivity index (χ0n) is 15.8. The normalized spacial score (nSPS) is 14.3. The summed E-state index contributed by atoms with van der Waals surface area (Å²) in [6.45, 7) is 2.05. The molecule has 1 rings (SSSR count). The van der Waals surface area contributed by atoms with Gasteiger partial charge in [0, 0.05) is 20.3 Å². The molecule has 0 fully saturated rings. The van der Waals surface area contributed by atoms with E-state index in [1.807, 2.05) is 0 Å². The number of aliphatic hydroxyl groups is 1. The minimum atomic E-state index is -4.24. The van der Waals surface area contributed by atoms with E-state index in [-0.39, 0.29) is 0 Å². The number of hydrogen-bond acceptors (Lipinski definition) is 7. The van der Waals surface area contributed by atoms with Crippen LogP contribution in [0.1, 0.15) is 39.0 Å². The smallest absolute Gasteiger partial charge is 0.289 e. The third-order valence-corrected chi connectivity index (χ3v) is 5.72. The highest BCUT2D eigenvalue weighted by Gasteiger charge is 2.34. The zero-order chi connectivity index (χ0) is 20.4. The fourth-order valence-corrected chi connectivity index (χ4v) is 4.21. The Morgan fingerprint density at radius 3 is 2.37 bits per heavy atom. The van der Waals surface area contributed by atoms with Gasteiger partial charge in [-0.15, -0.1) is 0 Å². The van der Waals surface area contributed by atoms with E-state index in [1.54, 1.807) is 0 Å². The van der Waals surface area contributed by atoms with Gasteiger partial charge in [0.25, 0.3) is 5.69 Å². The molecule has 0 aliphatic carbocycles. The van der Waals surface area contributed by atoms with Gasteiger partial charge in [-0.1, -0.05) is 44.7 Å². The number of nitrogens with one attached hydrogen (secondary N) is 1. The third kappa shape index (κ3) is 6.82. The van der Waals surface area contributed by atoms with Gasteiger partial charge in [-0.3, -0.25) is 10.1 Å². The molecule has 1 aromatic carbocycles. The fourth-order valence-electron chi connectivity index (χ4n) is 2.75. The summed E-state index contributed by atoms with van der Waals surface area (Å²) in [5.74, 6) is 0. The first-order chi connectivity index (χ1) is 12.8. The van der Waals surface area contributed by atoms with Crippen LogP contribution in [0.15, 0.2) is 29.2 Å². The summed E-state index contributed by atoms with van der Waals surface area (Å²) in [6.07, 6.45) is 1.57. The van der Waals surface area contributed by atoms with Crippen LogP contribution in [0.4, 0.5) is 5.69 Å². The Labute approximate surface area is 159 Å². The predicted octanol–water partition coefficient (Wildman–Crippen LogP) is 2.19. The molecule has 0 aliphatic rings. The lowest BCUT2D eigenvalue weighted by atomic mass is 10.0. The van der Waals surface area contributed by atoms with E-state index < -0.39 is 44.0 Å². The number of sulfonamides is 1. The quantitative estimate of drug-likeness (QED) is 0.223. The van der Waals surface area contributed by atoms with Crippen LogP contribution in [0.25, 0.3) is 0 Å². The number of ether oxygens (including phenoxy) is 2. The molecule has 0 saturated carbocycles. The summed E-state index contributed by atoms with van der Waals surface area (Å²) in [4.78, 5) is 9.95. The maximum absolute atomic E-state index is 12.8. The van der Waals surface area contributed by atoms with Crippen molar-refractivity contribution in [1.29, 1.82) is 0 Å². The van der Waals surface area contributed by atoms with Gasteiger partial charge in [0.15, 0.2) is 11.2 Å². The average Bonchev–Trinajstić information content (AvgIpc) is 2.65. The number of para-hydroxylation sites is 1. The largest absolute Gasteiger partial charge is 0.386 e. The summed E-state index contributed by atoms with van der Waals surface area (Å²) in [5, 5.41) is 21.7. The van der Waals surface area contributed by atoms with Gasteiger partial charge in [-0.2, -0.15) is 0 Å². The van der Waals surface area contributed by atoms with E-state index in [4.69, 9.17) is 9.47 Å². The van der Waals surface area contributed by atoms with Gasteiger partial charge < -0.3 is 14.6 Å². The maximum atomic E-state index is 12.8. The summed E-state index contributed by atoms with van der Waals surface area (Å²) in [7, 11) is -1.56. The Kier molecular flexibility index (Phi) is 9.81. The molecular formula is C17H28N2O7S. The third-order valence-electron chi connectivity index (χ3n) is 4.18. The Balaban J connectivity index is 3.09. The van der Waals surface area contributed by atoms with Crippen molar-refractivity contribution in [3.8, 4) is 0 Å². The second kappa shape index (κ2) is 11.3. The van der Waals surface area contributed by atoms with Crippen LogP contribution in [0.5, 0.6) is 0 Å². The van der Waals surface area contributed by atoms with E-state index in [9.17, 15) is 23.6 Å². The number of hydrogen-bond donors (Lipinski definition) is 2. The standard InChI is InChI=1S/C17H28N2O7S/c1-4-5-6-7-10-13(16(20)17(25-2)26-3)18-27(23,24)15-12-9-8-11-14(15)19(21)22/h8-9,11-13,16-18,20H,4-7,10H2,1-3H3/t13-,16+/m1/s1. The molecule has 0 unspecified atom stereocenters. The number of unbranched alkanes of at least 4 members (excludes halogenated alkanes) is 3. The van der Waals surface area contributed by atoms with Gasteiger partial charge in [0.2, 0.25) is 10.0 Å². The number of nitro groups is 1. The Morgan fingerprint density at radius 1 is 1.19 bits per heavy atom. The van der Waals surface area contributed by atoms with Gasteiger partial charge >= 0.3 is 0 Å². The zero-order valence-corrected chi connectivity index (χ0v) is 16.6. The van der Waals surface area contributed by atoms with Crippen molar-refractivity contribution >= 4 is 15.7 Å². The van der Waals surface area contributed by atoms with Crippen LogP contribution in [0.2, 0.25) is 0 Å². The van der Waals surface area contributed by atoms with Crippen LogP contribution in [0, 0.1) is 10.1 Å². The highest BCUT2D eigenvalue weighted by molar-refractivity contribution is 7.89. The number of nitrogens with zero attached hydrogens (tertiary/aromatic N) is 1. The van der Waals surface area contributed by atoms with E-state index >= 15 is 0 Å². The van der Waals surface area contributed by atoms with Crippen molar-refractivity contribution in [2.45, 2.75) is 62.4 Å². The summed E-state index contributed by atoms with van der Waals surface area (Å²) < 4.78 is 38.0. The van der Waals surface area contributed by atoms with Crippen LogP contribution >= 0.6 is 0 Å². The highest BCUT2D eigenvalue weighted by atomic mass is 32.2. The van der Waals surface area contributed by atoms with Crippen molar-refractivity contribution < 1.29 is 27.9 Å². The molecule has 10 heteroatoms. The first kappa shape index (κ1) is 23.4.